The van der Waals surface area contributed by atoms with Gasteiger partial charge < -0.3 is 56.8 Å². The molecule has 244 valence electrons. The molecule has 0 aromatic heterocycles. The summed E-state index contributed by atoms with van der Waals surface area (Å²) in [5.41, 5.74) is 0. The lowest BCUT2D eigenvalue weighted by atomic mass is 10.3. The molecule has 1 aromatic carbocycles. The highest BCUT2D eigenvalue weighted by Gasteiger charge is 1.99. The second-order valence-electron chi connectivity index (χ2n) is 8.30. The molecule has 0 radical (unpaired) electrons. The summed E-state index contributed by atoms with van der Waals surface area (Å²) >= 11 is 0. The van der Waals surface area contributed by atoms with Gasteiger partial charge in [0.2, 0.25) is 0 Å². The number of benzene rings is 1. The SMILES string of the molecule is COC(=O)COCCOCCOCCOCCOCCOCCOCCOCCOCCOCCOc1ccccc1. The van der Waals surface area contributed by atoms with Crippen molar-refractivity contribution in [2.24, 2.45) is 0 Å². The van der Waals surface area contributed by atoms with E-state index < -0.39 is 5.97 Å². The van der Waals surface area contributed by atoms with Crippen LogP contribution in [0.3, 0.4) is 0 Å². The monoisotopic (exact) mass is 606 g/mol. The molecule has 0 N–H and O–H groups in total. The van der Waals surface area contributed by atoms with E-state index in [1.807, 2.05) is 30.3 Å². The molecular weight excluding hydrogens is 556 g/mol. The number of carbonyl (C=O) groups is 1. The Labute approximate surface area is 249 Å². The van der Waals surface area contributed by atoms with E-state index in [0.717, 1.165) is 5.75 Å². The van der Waals surface area contributed by atoms with Gasteiger partial charge >= 0.3 is 5.97 Å². The summed E-state index contributed by atoms with van der Waals surface area (Å²) in [6.07, 6.45) is 0. The van der Waals surface area contributed by atoms with Crippen LogP contribution in [0.25, 0.3) is 0 Å². The molecule has 0 saturated heterocycles. The summed E-state index contributed by atoms with van der Waals surface area (Å²) in [7, 11) is 1.32. The van der Waals surface area contributed by atoms with E-state index in [-0.39, 0.29) is 6.61 Å². The van der Waals surface area contributed by atoms with Crippen LogP contribution in [0.1, 0.15) is 0 Å². The molecule has 0 aliphatic rings. The molecule has 13 heteroatoms. The number of methoxy groups -OCH3 is 1. The summed E-state index contributed by atoms with van der Waals surface area (Å²) in [4.78, 5) is 10.8. The van der Waals surface area contributed by atoms with Crippen LogP contribution in [0.5, 0.6) is 5.75 Å². The van der Waals surface area contributed by atoms with E-state index >= 15 is 0 Å². The van der Waals surface area contributed by atoms with Gasteiger partial charge in [0.05, 0.1) is 133 Å². The minimum atomic E-state index is -0.407. The van der Waals surface area contributed by atoms with Crippen molar-refractivity contribution >= 4 is 5.97 Å². The third-order valence-corrected chi connectivity index (χ3v) is 5.04. The fraction of sp³-hybridized carbons (Fsp3) is 0.759. The molecule has 0 saturated carbocycles. The molecule has 0 bridgehead atoms. The Morgan fingerprint density at radius 1 is 0.429 bits per heavy atom. The van der Waals surface area contributed by atoms with Crippen molar-refractivity contribution < 1.29 is 61.6 Å². The molecule has 0 fully saturated rings. The van der Waals surface area contributed by atoms with Crippen LogP contribution in [0.2, 0.25) is 0 Å². The number of rotatable bonds is 33. The van der Waals surface area contributed by atoms with Gasteiger partial charge in [-0.05, 0) is 12.1 Å². The molecule has 0 aliphatic heterocycles. The molecule has 1 rings (SSSR count). The standard InChI is InChI=1S/C29H50O13/c1-31-29(30)27-41-24-23-39-20-19-37-16-15-35-12-11-33-8-7-32-9-10-34-13-14-36-17-18-38-21-22-40-25-26-42-28-5-3-2-4-6-28/h2-6H,7-27H2,1H3. The third kappa shape index (κ3) is 28.2. The molecule has 42 heavy (non-hydrogen) atoms. The van der Waals surface area contributed by atoms with Crippen molar-refractivity contribution in [2.45, 2.75) is 0 Å². The summed E-state index contributed by atoms with van der Waals surface area (Å²) in [6.45, 7) is 9.62. The van der Waals surface area contributed by atoms with Gasteiger partial charge in [-0.25, -0.2) is 4.79 Å². The molecule has 0 aliphatic carbocycles. The van der Waals surface area contributed by atoms with Gasteiger partial charge in [0.1, 0.15) is 19.0 Å². The van der Waals surface area contributed by atoms with Crippen LogP contribution in [0.4, 0.5) is 0 Å². The van der Waals surface area contributed by atoms with Crippen molar-refractivity contribution in [1.29, 1.82) is 0 Å². The first-order valence-electron chi connectivity index (χ1n) is 14.3. The molecule has 0 amide bonds. The van der Waals surface area contributed by atoms with Crippen LogP contribution < -0.4 is 4.74 Å². The number of hydrogen-bond donors (Lipinski definition) is 0. The number of ether oxygens (including phenoxy) is 12. The van der Waals surface area contributed by atoms with E-state index in [0.29, 0.717) is 132 Å². The number of hydrogen-bond acceptors (Lipinski definition) is 13. The number of para-hydroxylation sites is 1. The lowest BCUT2D eigenvalue weighted by Gasteiger charge is -2.09. The van der Waals surface area contributed by atoms with E-state index in [2.05, 4.69) is 4.74 Å². The maximum atomic E-state index is 10.8. The normalized spacial score (nSPS) is 11.2. The molecular formula is C29H50O13. The van der Waals surface area contributed by atoms with Crippen molar-refractivity contribution in [3.05, 3.63) is 30.3 Å². The Morgan fingerprint density at radius 2 is 0.714 bits per heavy atom. The largest absolute Gasteiger partial charge is 0.491 e. The Balaban J connectivity index is 1.62. The minimum absolute atomic E-state index is 0.0694. The Morgan fingerprint density at radius 3 is 1.02 bits per heavy atom. The second-order valence-corrected chi connectivity index (χ2v) is 8.30. The fourth-order valence-corrected chi connectivity index (χ4v) is 2.93. The first-order valence-corrected chi connectivity index (χ1v) is 14.3. The van der Waals surface area contributed by atoms with Crippen molar-refractivity contribution in [3.8, 4) is 5.75 Å². The summed E-state index contributed by atoms with van der Waals surface area (Å²) < 4.78 is 64.0. The van der Waals surface area contributed by atoms with E-state index in [1.54, 1.807) is 0 Å². The highest BCUT2D eigenvalue weighted by molar-refractivity contribution is 5.70. The molecule has 0 heterocycles. The number of carbonyl (C=O) groups excluding carboxylic acids is 1. The van der Waals surface area contributed by atoms with Crippen LogP contribution in [0, 0.1) is 0 Å². The molecule has 0 spiro atoms. The first-order chi connectivity index (χ1) is 20.8. The lowest BCUT2D eigenvalue weighted by molar-refractivity contribution is -0.146. The van der Waals surface area contributed by atoms with Crippen molar-refractivity contribution in [1.82, 2.24) is 0 Å². The van der Waals surface area contributed by atoms with E-state index in [4.69, 9.17) is 52.1 Å². The van der Waals surface area contributed by atoms with E-state index in [9.17, 15) is 4.79 Å². The van der Waals surface area contributed by atoms with Crippen molar-refractivity contribution in [3.63, 3.8) is 0 Å². The maximum Gasteiger partial charge on any atom is 0.331 e. The minimum Gasteiger partial charge on any atom is -0.491 e. The third-order valence-electron chi connectivity index (χ3n) is 5.04. The summed E-state index contributed by atoms with van der Waals surface area (Å²) in [5.74, 6) is 0.433. The van der Waals surface area contributed by atoms with Crippen molar-refractivity contribution in [2.75, 3.05) is 146 Å². The van der Waals surface area contributed by atoms with Gasteiger partial charge in [0.15, 0.2) is 0 Å². The predicted molar refractivity (Wildman–Crippen MR) is 152 cm³/mol. The van der Waals surface area contributed by atoms with Crippen LogP contribution in [-0.4, -0.2) is 152 Å². The topological polar surface area (TPSA) is 128 Å². The lowest BCUT2D eigenvalue weighted by Crippen LogP contribution is -2.16. The predicted octanol–water partition coefficient (Wildman–Crippen LogP) is 1.40. The van der Waals surface area contributed by atoms with E-state index in [1.165, 1.54) is 7.11 Å². The first kappa shape index (κ1) is 38.1. The van der Waals surface area contributed by atoms with Crippen LogP contribution >= 0.6 is 0 Å². The zero-order chi connectivity index (χ0) is 30.0. The zero-order valence-electron chi connectivity index (χ0n) is 25.0. The average Bonchev–Trinajstić information content (AvgIpc) is 3.02. The summed E-state index contributed by atoms with van der Waals surface area (Å²) in [5, 5.41) is 0. The smallest absolute Gasteiger partial charge is 0.331 e. The Bertz CT molecular complexity index is 681. The molecule has 1 aromatic rings. The van der Waals surface area contributed by atoms with Crippen LogP contribution in [-0.2, 0) is 56.9 Å². The van der Waals surface area contributed by atoms with Gasteiger partial charge in [-0.3, -0.25) is 0 Å². The van der Waals surface area contributed by atoms with Gasteiger partial charge in [-0.1, -0.05) is 18.2 Å². The summed E-state index contributed by atoms with van der Waals surface area (Å²) in [6, 6.07) is 9.65. The molecule has 13 nitrogen and oxygen atoms in total. The highest BCUT2D eigenvalue weighted by atomic mass is 16.6. The molecule has 0 unspecified atom stereocenters. The Kier molecular flexibility index (Phi) is 29.1. The van der Waals surface area contributed by atoms with Gasteiger partial charge in [0.25, 0.3) is 0 Å². The maximum absolute atomic E-state index is 10.8. The van der Waals surface area contributed by atoms with Gasteiger partial charge in [-0.2, -0.15) is 0 Å². The zero-order valence-corrected chi connectivity index (χ0v) is 25.0. The average molecular weight is 607 g/mol. The Hall–Kier alpha value is -1.91. The fourth-order valence-electron chi connectivity index (χ4n) is 2.93. The van der Waals surface area contributed by atoms with Gasteiger partial charge in [0, 0.05) is 0 Å². The van der Waals surface area contributed by atoms with Gasteiger partial charge in [-0.15, -0.1) is 0 Å². The quantitative estimate of drug-likeness (QED) is 0.0846. The second kappa shape index (κ2) is 32.0. The van der Waals surface area contributed by atoms with Crippen LogP contribution in [0.15, 0.2) is 30.3 Å². The number of esters is 1. The molecule has 0 atom stereocenters. The highest BCUT2D eigenvalue weighted by Crippen LogP contribution is 2.07.